The van der Waals surface area contributed by atoms with E-state index in [1.54, 1.807) is 31.2 Å². The van der Waals surface area contributed by atoms with Gasteiger partial charge in [0, 0.05) is 13.1 Å². The van der Waals surface area contributed by atoms with Crippen LogP contribution in [-0.4, -0.2) is 55.2 Å². The Kier molecular flexibility index (Phi) is 7.00. The number of aliphatic hydroxyl groups excluding tert-OH is 2. The van der Waals surface area contributed by atoms with Gasteiger partial charge in [-0.05, 0) is 25.1 Å². The van der Waals surface area contributed by atoms with Crippen LogP contribution in [0.15, 0.2) is 24.3 Å². The normalized spacial score (nSPS) is 13.6. The number of hydrogen-bond acceptors (Lipinski definition) is 6. The summed E-state index contributed by atoms with van der Waals surface area (Å²) in [5.74, 6) is 0.0528. The number of benzene rings is 1. The highest BCUT2D eigenvalue weighted by Gasteiger charge is 2.08. The summed E-state index contributed by atoms with van der Waals surface area (Å²) in [5, 5.41) is 21.7. The summed E-state index contributed by atoms with van der Waals surface area (Å²) in [6.45, 7) is 2.49. The summed E-state index contributed by atoms with van der Waals surface area (Å²) in [6, 6.07) is 6.56. The SMILES string of the molecule is COC(=O)c1cccc(OC[C@@H](O)CNC[C@H](C)O)c1. The molecule has 0 bridgehead atoms. The molecule has 0 spiro atoms. The van der Waals surface area contributed by atoms with Crippen molar-refractivity contribution in [3.63, 3.8) is 0 Å². The Hall–Kier alpha value is -1.63. The van der Waals surface area contributed by atoms with Crippen LogP contribution in [0.4, 0.5) is 0 Å². The first-order valence-electron chi connectivity index (χ1n) is 6.41. The van der Waals surface area contributed by atoms with Gasteiger partial charge < -0.3 is 25.0 Å². The van der Waals surface area contributed by atoms with Gasteiger partial charge in [0.25, 0.3) is 0 Å². The van der Waals surface area contributed by atoms with Crippen LogP contribution < -0.4 is 10.1 Å². The minimum absolute atomic E-state index is 0.0947. The molecule has 2 atom stereocenters. The van der Waals surface area contributed by atoms with Crippen molar-refractivity contribution in [2.45, 2.75) is 19.1 Å². The highest BCUT2D eigenvalue weighted by molar-refractivity contribution is 5.89. The molecule has 1 aromatic rings. The summed E-state index contributed by atoms with van der Waals surface area (Å²) >= 11 is 0. The van der Waals surface area contributed by atoms with Gasteiger partial charge in [-0.15, -0.1) is 0 Å². The van der Waals surface area contributed by atoms with Crippen molar-refractivity contribution >= 4 is 5.97 Å². The van der Waals surface area contributed by atoms with Gasteiger partial charge in [0.15, 0.2) is 0 Å². The van der Waals surface area contributed by atoms with Crippen molar-refractivity contribution < 1.29 is 24.5 Å². The zero-order valence-corrected chi connectivity index (χ0v) is 11.7. The molecule has 0 fully saturated rings. The average Bonchev–Trinajstić information content (AvgIpc) is 2.44. The number of carbonyl (C=O) groups is 1. The van der Waals surface area contributed by atoms with Crippen LogP contribution in [0.25, 0.3) is 0 Å². The van der Waals surface area contributed by atoms with Crippen LogP contribution in [0.3, 0.4) is 0 Å². The number of rotatable bonds is 8. The second-order valence-electron chi connectivity index (χ2n) is 4.49. The van der Waals surface area contributed by atoms with E-state index in [4.69, 9.17) is 9.84 Å². The molecule has 0 aromatic heterocycles. The molecule has 20 heavy (non-hydrogen) atoms. The molecule has 6 heteroatoms. The largest absolute Gasteiger partial charge is 0.491 e. The predicted molar refractivity (Wildman–Crippen MR) is 73.8 cm³/mol. The molecule has 112 valence electrons. The van der Waals surface area contributed by atoms with Crippen molar-refractivity contribution in [2.75, 3.05) is 26.8 Å². The monoisotopic (exact) mass is 283 g/mol. The molecule has 0 heterocycles. The molecule has 0 saturated heterocycles. The smallest absolute Gasteiger partial charge is 0.337 e. The highest BCUT2D eigenvalue weighted by Crippen LogP contribution is 2.14. The summed E-state index contributed by atoms with van der Waals surface area (Å²) < 4.78 is 10.0. The molecule has 1 aromatic carbocycles. The molecule has 1 rings (SSSR count). The fourth-order valence-electron chi connectivity index (χ4n) is 1.54. The molecule has 0 aliphatic heterocycles. The summed E-state index contributed by atoms with van der Waals surface area (Å²) in [4.78, 5) is 11.3. The second kappa shape index (κ2) is 8.52. The van der Waals surface area contributed by atoms with E-state index in [9.17, 15) is 9.90 Å². The molecule has 0 aliphatic rings. The van der Waals surface area contributed by atoms with Crippen LogP contribution in [0.1, 0.15) is 17.3 Å². The van der Waals surface area contributed by atoms with Gasteiger partial charge in [-0.25, -0.2) is 4.79 Å². The van der Waals surface area contributed by atoms with Gasteiger partial charge in [-0.1, -0.05) is 6.07 Å². The second-order valence-corrected chi connectivity index (χ2v) is 4.49. The molecule has 6 nitrogen and oxygen atoms in total. The third kappa shape index (κ3) is 6.01. The van der Waals surface area contributed by atoms with Crippen molar-refractivity contribution in [1.82, 2.24) is 5.32 Å². The Bertz CT molecular complexity index is 422. The topological polar surface area (TPSA) is 88.0 Å². The van der Waals surface area contributed by atoms with E-state index >= 15 is 0 Å². The van der Waals surface area contributed by atoms with Gasteiger partial charge in [0.05, 0.1) is 18.8 Å². The fraction of sp³-hybridized carbons (Fsp3) is 0.500. The van der Waals surface area contributed by atoms with Crippen LogP contribution in [0.5, 0.6) is 5.75 Å². The summed E-state index contributed by atoms with van der Waals surface area (Å²) in [6.07, 6.45) is -1.16. The lowest BCUT2D eigenvalue weighted by Crippen LogP contribution is -2.35. The van der Waals surface area contributed by atoms with E-state index in [1.165, 1.54) is 7.11 Å². The third-order valence-electron chi connectivity index (χ3n) is 2.52. The molecule has 0 aliphatic carbocycles. The number of hydrogen-bond donors (Lipinski definition) is 3. The third-order valence-corrected chi connectivity index (χ3v) is 2.52. The molecule has 0 unspecified atom stereocenters. The van der Waals surface area contributed by atoms with E-state index in [0.29, 0.717) is 24.4 Å². The van der Waals surface area contributed by atoms with Gasteiger partial charge in [0.2, 0.25) is 0 Å². The zero-order valence-electron chi connectivity index (χ0n) is 11.7. The summed E-state index contributed by atoms with van der Waals surface area (Å²) in [7, 11) is 1.31. The number of carbonyl (C=O) groups excluding carboxylic acids is 1. The Morgan fingerprint density at radius 3 is 2.75 bits per heavy atom. The molecule has 0 radical (unpaired) electrons. The molecule has 0 saturated carbocycles. The number of nitrogens with one attached hydrogen (secondary N) is 1. The molecular weight excluding hydrogens is 262 g/mol. The highest BCUT2D eigenvalue weighted by atomic mass is 16.5. The Morgan fingerprint density at radius 1 is 1.35 bits per heavy atom. The van der Waals surface area contributed by atoms with Crippen molar-refractivity contribution in [1.29, 1.82) is 0 Å². The lowest BCUT2D eigenvalue weighted by atomic mass is 10.2. The minimum Gasteiger partial charge on any atom is -0.491 e. The number of aliphatic hydroxyl groups is 2. The van der Waals surface area contributed by atoms with E-state index < -0.39 is 18.2 Å². The maximum Gasteiger partial charge on any atom is 0.337 e. The number of methoxy groups -OCH3 is 1. The van der Waals surface area contributed by atoms with Crippen molar-refractivity contribution in [2.24, 2.45) is 0 Å². The maximum atomic E-state index is 11.3. The van der Waals surface area contributed by atoms with Crippen LogP contribution in [0, 0.1) is 0 Å². The number of esters is 1. The minimum atomic E-state index is -0.699. The first kappa shape index (κ1) is 16.4. The standard InChI is InChI=1S/C14H21NO5/c1-10(16)7-15-8-12(17)9-20-13-5-3-4-11(6-13)14(18)19-2/h3-6,10,12,15-17H,7-9H2,1-2H3/t10-,12-/m0/s1. The zero-order chi connectivity index (χ0) is 15.0. The fourth-order valence-corrected chi connectivity index (χ4v) is 1.54. The number of ether oxygens (including phenoxy) is 2. The van der Waals surface area contributed by atoms with E-state index in [1.807, 2.05) is 0 Å². The van der Waals surface area contributed by atoms with Gasteiger partial charge in [-0.3, -0.25) is 0 Å². The Balaban J connectivity index is 2.39. The van der Waals surface area contributed by atoms with Crippen LogP contribution >= 0.6 is 0 Å². The van der Waals surface area contributed by atoms with Crippen LogP contribution in [0.2, 0.25) is 0 Å². The van der Waals surface area contributed by atoms with E-state index in [-0.39, 0.29) is 6.61 Å². The first-order valence-corrected chi connectivity index (χ1v) is 6.41. The maximum absolute atomic E-state index is 11.3. The van der Waals surface area contributed by atoms with Gasteiger partial charge in [0.1, 0.15) is 18.5 Å². The molecule has 0 amide bonds. The van der Waals surface area contributed by atoms with Crippen molar-refractivity contribution in [3.05, 3.63) is 29.8 Å². The lowest BCUT2D eigenvalue weighted by Gasteiger charge is -2.14. The van der Waals surface area contributed by atoms with Gasteiger partial charge >= 0.3 is 5.97 Å². The Morgan fingerprint density at radius 2 is 2.10 bits per heavy atom. The quantitative estimate of drug-likeness (QED) is 0.590. The first-order chi connectivity index (χ1) is 9.52. The summed E-state index contributed by atoms with van der Waals surface area (Å²) in [5.41, 5.74) is 0.395. The van der Waals surface area contributed by atoms with E-state index in [2.05, 4.69) is 10.1 Å². The van der Waals surface area contributed by atoms with Gasteiger partial charge in [-0.2, -0.15) is 0 Å². The average molecular weight is 283 g/mol. The van der Waals surface area contributed by atoms with E-state index in [0.717, 1.165) is 0 Å². The van der Waals surface area contributed by atoms with Crippen molar-refractivity contribution in [3.8, 4) is 5.75 Å². The van der Waals surface area contributed by atoms with Crippen LogP contribution in [-0.2, 0) is 4.74 Å². The Labute approximate surface area is 118 Å². The molecule has 3 N–H and O–H groups in total. The lowest BCUT2D eigenvalue weighted by molar-refractivity contribution is 0.0600. The molecular formula is C14H21NO5. The predicted octanol–water partition coefficient (Wildman–Crippen LogP) is 0.183.